The first-order valence-corrected chi connectivity index (χ1v) is 8.07. The van der Waals surface area contributed by atoms with Gasteiger partial charge in [-0.15, -0.1) is 0 Å². The maximum absolute atomic E-state index is 11.6. The largest absolute Gasteiger partial charge is 0.478 e. The molecule has 0 aliphatic rings. The Morgan fingerprint density at radius 2 is 2.12 bits per heavy atom. The second-order valence-corrected chi connectivity index (χ2v) is 5.13. The van der Waals surface area contributed by atoms with Crippen molar-refractivity contribution in [2.75, 3.05) is 19.8 Å². The molecule has 0 saturated carbocycles. The summed E-state index contributed by atoms with van der Waals surface area (Å²) in [4.78, 5) is 19.9. The highest BCUT2D eigenvalue weighted by molar-refractivity contribution is 5.87. The van der Waals surface area contributed by atoms with Crippen molar-refractivity contribution >= 4 is 5.97 Å². The van der Waals surface area contributed by atoms with Crippen LogP contribution < -0.4 is 4.74 Å². The molecule has 2 aromatic heterocycles. The van der Waals surface area contributed by atoms with E-state index in [0.29, 0.717) is 23.9 Å². The van der Waals surface area contributed by atoms with E-state index in [-0.39, 0.29) is 18.9 Å². The van der Waals surface area contributed by atoms with Crippen molar-refractivity contribution < 1.29 is 23.8 Å². The Labute approximate surface area is 140 Å². The summed E-state index contributed by atoms with van der Waals surface area (Å²) in [5, 5.41) is 8.72. The van der Waals surface area contributed by atoms with Crippen LogP contribution in [0.25, 0.3) is 11.5 Å². The highest BCUT2D eigenvalue weighted by Crippen LogP contribution is 2.22. The molecule has 1 N–H and O–H groups in total. The van der Waals surface area contributed by atoms with Crippen LogP contribution in [0.3, 0.4) is 0 Å². The van der Waals surface area contributed by atoms with Crippen LogP contribution in [0.15, 0.2) is 29.0 Å². The molecular weight excluding hydrogens is 312 g/mol. The molecule has 0 spiro atoms. The number of rotatable bonds is 10. The molecule has 2 heterocycles. The molecule has 0 saturated heterocycles. The van der Waals surface area contributed by atoms with Gasteiger partial charge in [0, 0.05) is 24.4 Å². The molecule has 0 bridgehead atoms. The van der Waals surface area contributed by atoms with Gasteiger partial charge in [-0.05, 0) is 32.3 Å². The topological polar surface area (TPSA) is 94.7 Å². The number of carbonyl (C=O) groups excluding carboxylic acids is 1. The summed E-state index contributed by atoms with van der Waals surface area (Å²) in [7, 11) is 0. The van der Waals surface area contributed by atoms with E-state index < -0.39 is 5.97 Å². The van der Waals surface area contributed by atoms with Crippen LogP contribution >= 0.6 is 0 Å². The summed E-state index contributed by atoms with van der Waals surface area (Å²) < 4.78 is 15.8. The van der Waals surface area contributed by atoms with Gasteiger partial charge in [0.15, 0.2) is 5.69 Å². The van der Waals surface area contributed by atoms with Crippen LogP contribution in [-0.4, -0.2) is 40.9 Å². The van der Waals surface area contributed by atoms with Crippen molar-refractivity contribution in [2.45, 2.75) is 32.6 Å². The van der Waals surface area contributed by atoms with E-state index in [0.717, 1.165) is 25.7 Å². The number of unbranched alkanes of at least 4 members (excludes halogenated alkanes) is 3. The molecule has 2 aromatic rings. The Bertz CT molecular complexity index is 641. The fourth-order valence-corrected chi connectivity index (χ4v) is 2.07. The number of oxazole rings is 1. The zero-order chi connectivity index (χ0) is 17.2. The summed E-state index contributed by atoms with van der Waals surface area (Å²) in [5.74, 6) is 0.278. The monoisotopic (exact) mass is 334 g/mol. The van der Waals surface area contributed by atoms with Gasteiger partial charge in [-0.2, -0.15) is 0 Å². The van der Waals surface area contributed by atoms with Gasteiger partial charge in [0.25, 0.3) is 0 Å². The zero-order valence-electron chi connectivity index (χ0n) is 13.7. The van der Waals surface area contributed by atoms with Crippen LogP contribution in [0.1, 0.15) is 43.1 Å². The van der Waals surface area contributed by atoms with Gasteiger partial charge >= 0.3 is 5.97 Å². The van der Waals surface area contributed by atoms with Crippen molar-refractivity contribution in [3.8, 4) is 17.3 Å². The lowest BCUT2D eigenvalue weighted by Gasteiger charge is -2.05. The van der Waals surface area contributed by atoms with E-state index in [1.807, 2.05) is 0 Å². The number of hydrogen-bond acceptors (Lipinski definition) is 7. The Morgan fingerprint density at radius 3 is 2.92 bits per heavy atom. The maximum Gasteiger partial charge on any atom is 0.360 e. The van der Waals surface area contributed by atoms with Gasteiger partial charge in [0.05, 0.1) is 13.2 Å². The fourth-order valence-electron chi connectivity index (χ4n) is 2.07. The second kappa shape index (κ2) is 9.67. The SMILES string of the molecule is CCOC(=O)c1coc(-c2ccnc(OCCCCCCO)c2)n1. The lowest BCUT2D eigenvalue weighted by molar-refractivity contribution is 0.0519. The quantitative estimate of drug-likeness (QED) is 0.527. The number of aliphatic hydroxyl groups is 1. The molecule has 0 fully saturated rings. The van der Waals surface area contributed by atoms with Crippen molar-refractivity contribution in [3.05, 3.63) is 30.3 Å². The first-order chi connectivity index (χ1) is 11.7. The molecule has 7 nitrogen and oxygen atoms in total. The lowest BCUT2D eigenvalue weighted by Crippen LogP contribution is -2.04. The summed E-state index contributed by atoms with van der Waals surface area (Å²) >= 11 is 0. The first kappa shape index (κ1) is 17.9. The van der Waals surface area contributed by atoms with Gasteiger partial charge in [0.1, 0.15) is 6.26 Å². The third kappa shape index (κ3) is 5.34. The smallest absolute Gasteiger partial charge is 0.360 e. The van der Waals surface area contributed by atoms with Crippen molar-refractivity contribution in [1.82, 2.24) is 9.97 Å². The molecular formula is C17H22N2O5. The van der Waals surface area contributed by atoms with Crippen LogP contribution in [0.5, 0.6) is 5.88 Å². The minimum atomic E-state index is -0.513. The predicted octanol–water partition coefficient (Wildman–Crippen LogP) is 2.84. The molecule has 7 heteroatoms. The van der Waals surface area contributed by atoms with Crippen molar-refractivity contribution in [2.24, 2.45) is 0 Å². The molecule has 0 aliphatic heterocycles. The number of aromatic nitrogens is 2. The Morgan fingerprint density at radius 1 is 1.29 bits per heavy atom. The normalized spacial score (nSPS) is 10.6. The lowest BCUT2D eigenvalue weighted by atomic mass is 10.2. The van der Waals surface area contributed by atoms with Crippen LogP contribution in [-0.2, 0) is 4.74 Å². The molecule has 0 aliphatic carbocycles. The number of hydrogen-bond donors (Lipinski definition) is 1. The Kier molecular flexibility index (Phi) is 7.22. The van der Waals surface area contributed by atoms with Gasteiger partial charge < -0.3 is 19.0 Å². The van der Waals surface area contributed by atoms with Gasteiger partial charge in [-0.1, -0.05) is 6.42 Å². The summed E-state index contributed by atoms with van der Waals surface area (Å²) in [6.45, 7) is 2.80. The van der Waals surface area contributed by atoms with E-state index in [9.17, 15) is 4.79 Å². The minimum Gasteiger partial charge on any atom is -0.478 e. The van der Waals surface area contributed by atoms with Crippen molar-refractivity contribution in [1.29, 1.82) is 0 Å². The fraction of sp³-hybridized carbons (Fsp3) is 0.471. The molecule has 130 valence electrons. The number of nitrogens with zero attached hydrogens (tertiary/aromatic N) is 2. The van der Waals surface area contributed by atoms with E-state index >= 15 is 0 Å². The molecule has 0 unspecified atom stereocenters. The Balaban J connectivity index is 1.91. The van der Waals surface area contributed by atoms with Crippen LogP contribution in [0.4, 0.5) is 0 Å². The van der Waals surface area contributed by atoms with E-state index in [1.165, 1.54) is 6.26 Å². The minimum absolute atomic E-state index is 0.134. The average Bonchev–Trinajstić information content (AvgIpc) is 3.09. The summed E-state index contributed by atoms with van der Waals surface area (Å²) in [6.07, 6.45) is 6.59. The zero-order valence-corrected chi connectivity index (χ0v) is 13.7. The third-order valence-electron chi connectivity index (χ3n) is 3.27. The number of aliphatic hydroxyl groups excluding tert-OH is 1. The van der Waals surface area contributed by atoms with Gasteiger partial charge in [0.2, 0.25) is 11.8 Å². The molecule has 0 amide bonds. The number of pyridine rings is 1. The van der Waals surface area contributed by atoms with Gasteiger partial charge in [-0.3, -0.25) is 0 Å². The molecule has 24 heavy (non-hydrogen) atoms. The number of carbonyl (C=O) groups is 1. The highest BCUT2D eigenvalue weighted by atomic mass is 16.5. The third-order valence-corrected chi connectivity index (χ3v) is 3.27. The summed E-state index contributed by atoms with van der Waals surface area (Å²) in [5.41, 5.74) is 0.811. The van der Waals surface area contributed by atoms with E-state index in [2.05, 4.69) is 9.97 Å². The van der Waals surface area contributed by atoms with Crippen LogP contribution in [0, 0.1) is 0 Å². The van der Waals surface area contributed by atoms with Gasteiger partial charge in [-0.25, -0.2) is 14.8 Å². The van der Waals surface area contributed by atoms with Crippen LogP contribution in [0.2, 0.25) is 0 Å². The average molecular weight is 334 g/mol. The molecule has 0 atom stereocenters. The maximum atomic E-state index is 11.6. The van der Waals surface area contributed by atoms with Crippen molar-refractivity contribution in [3.63, 3.8) is 0 Å². The molecule has 0 aromatic carbocycles. The standard InChI is InChI=1S/C17H22N2O5/c1-2-22-17(21)14-12-24-16(19-14)13-7-8-18-15(11-13)23-10-6-4-3-5-9-20/h7-8,11-12,20H,2-6,9-10H2,1H3. The van der Waals surface area contributed by atoms with E-state index in [4.69, 9.17) is 19.0 Å². The van der Waals surface area contributed by atoms with E-state index in [1.54, 1.807) is 25.3 Å². The number of esters is 1. The molecule has 2 rings (SSSR count). The first-order valence-electron chi connectivity index (χ1n) is 8.07. The predicted molar refractivity (Wildman–Crippen MR) is 86.7 cm³/mol. The highest BCUT2D eigenvalue weighted by Gasteiger charge is 2.14. The Hall–Kier alpha value is -2.41. The molecule has 0 radical (unpaired) electrons. The summed E-state index contributed by atoms with van der Waals surface area (Å²) in [6, 6.07) is 3.45. The number of ether oxygens (including phenoxy) is 2. The second-order valence-electron chi connectivity index (χ2n) is 5.13.